The smallest absolute Gasteiger partial charge is 0.274 e. The molecule has 12 heteroatoms. The zero-order valence-corrected chi connectivity index (χ0v) is 20.1. The average molecular weight is 481 g/mol. The molecule has 1 unspecified atom stereocenters. The van der Waals surface area contributed by atoms with E-state index in [4.69, 9.17) is 14.6 Å². The van der Waals surface area contributed by atoms with E-state index in [-0.39, 0.29) is 30.8 Å². The summed E-state index contributed by atoms with van der Waals surface area (Å²) in [6, 6.07) is 2.20. The number of nitriles is 1. The maximum Gasteiger partial charge on any atom is 0.274 e. The summed E-state index contributed by atoms with van der Waals surface area (Å²) in [5.74, 6) is 0.455. The van der Waals surface area contributed by atoms with Crippen molar-refractivity contribution >= 4 is 22.3 Å². The Morgan fingerprint density at radius 1 is 1.36 bits per heavy atom. The zero-order chi connectivity index (χ0) is 24.2. The van der Waals surface area contributed by atoms with E-state index in [1.54, 1.807) is 25.3 Å². The Balaban J connectivity index is 1.77. The van der Waals surface area contributed by atoms with E-state index in [1.165, 1.54) is 0 Å². The van der Waals surface area contributed by atoms with E-state index in [0.717, 1.165) is 12.1 Å². The van der Waals surface area contributed by atoms with Gasteiger partial charge in [-0.1, -0.05) is 0 Å². The molecule has 3 atom stereocenters. The van der Waals surface area contributed by atoms with Gasteiger partial charge in [0.1, 0.15) is 17.4 Å². The first-order valence-electron chi connectivity index (χ1n) is 10.9. The van der Waals surface area contributed by atoms with Crippen molar-refractivity contribution in [2.24, 2.45) is 16.0 Å². The van der Waals surface area contributed by atoms with Gasteiger partial charge in [0, 0.05) is 70.5 Å². The number of nitrogens with two attached hydrogens (primary N) is 1. The van der Waals surface area contributed by atoms with Crippen LogP contribution in [0.25, 0.3) is 0 Å². The van der Waals surface area contributed by atoms with E-state index in [9.17, 15) is 18.5 Å². The molecule has 2 heterocycles. The summed E-state index contributed by atoms with van der Waals surface area (Å²) < 4.78 is 35.5. The van der Waals surface area contributed by atoms with Gasteiger partial charge in [-0.3, -0.25) is 9.79 Å². The Morgan fingerprint density at radius 2 is 2.12 bits per heavy atom. The number of carbonyl (C=O) groups excluding carboxylic acids is 1. The van der Waals surface area contributed by atoms with Crippen molar-refractivity contribution < 1.29 is 22.7 Å². The number of hydrogen-bond donors (Lipinski definition) is 2. The number of ether oxygens (including phenoxy) is 2. The van der Waals surface area contributed by atoms with Crippen LogP contribution in [0.15, 0.2) is 28.1 Å². The Morgan fingerprint density at radius 3 is 2.76 bits per heavy atom. The molecule has 1 amide bonds. The number of amides is 1. The van der Waals surface area contributed by atoms with Crippen molar-refractivity contribution in [3.8, 4) is 6.07 Å². The van der Waals surface area contributed by atoms with Gasteiger partial charge in [0.2, 0.25) is 5.91 Å². The van der Waals surface area contributed by atoms with Crippen LogP contribution in [0.1, 0.15) is 26.2 Å². The molecule has 0 aromatic rings. The number of carbonyl (C=O) groups is 1. The molecule has 182 valence electrons. The fourth-order valence-corrected chi connectivity index (χ4v) is 5.09. The number of methoxy groups -OCH3 is 2. The van der Waals surface area contributed by atoms with E-state index in [0.29, 0.717) is 43.9 Å². The lowest BCUT2D eigenvalue weighted by Crippen LogP contribution is -2.46. The maximum absolute atomic E-state index is 12.6. The summed E-state index contributed by atoms with van der Waals surface area (Å²) in [5, 5.41) is 14.7. The van der Waals surface area contributed by atoms with Gasteiger partial charge in [-0.25, -0.2) is 9.86 Å². The van der Waals surface area contributed by atoms with Crippen LogP contribution < -0.4 is 9.86 Å². The molecule has 0 saturated carbocycles. The van der Waals surface area contributed by atoms with Crippen LogP contribution in [0.4, 0.5) is 0 Å². The highest BCUT2D eigenvalue weighted by Gasteiger charge is 2.44. The standard InChI is InChI=1S/C21H32N6O5S/c1-21(32-3)12-17-16(11-18(21)31-2)20(15(13-22)14-24-17)27-8-4-7-26(9-10-27)19(28)5-6-25-33(23,29)30/h11,14,16-17,25H,4-10,12H2,1-3H3,(H2,23,29,30)/t16-,17-,21?/m0/s1. The predicted octanol–water partition coefficient (Wildman–Crippen LogP) is -0.110. The van der Waals surface area contributed by atoms with Crippen molar-refractivity contribution in [3.05, 3.63) is 23.1 Å². The molecule has 0 radical (unpaired) electrons. The van der Waals surface area contributed by atoms with Crippen molar-refractivity contribution in [1.29, 1.82) is 5.26 Å². The predicted molar refractivity (Wildman–Crippen MR) is 122 cm³/mol. The van der Waals surface area contributed by atoms with Crippen molar-refractivity contribution in [2.75, 3.05) is 46.9 Å². The summed E-state index contributed by atoms with van der Waals surface area (Å²) in [4.78, 5) is 21.1. The molecule has 0 spiro atoms. The van der Waals surface area contributed by atoms with Crippen molar-refractivity contribution in [3.63, 3.8) is 0 Å². The SMILES string of the molecule is COC1=C[C@@H]2C(N3CCCN(C(=O)CCNS(N)(=O)=O)CC3)=C(C#N)C=N[C@H]2CC1(C)OC. The third kappa shape index (κ3) is 5.73. The first-order chi connectivity index (χ1) is 15.6. The normalized spacial score (nSPS) is 28.0. The summed E-state index contributed by atoms with van der Waals surface area (Å²) in [6.45, 7) is 4.21. The van der Waals surface area contributed by atoms with Gasteiger partial charge >= 0.3 is 0 Å². The molecule has 1 fully saturated rings. The summed E-state index contributed by atoms with van der Waals surface area (Å²) in [5.41, 5.74) is 0.826. The molecule has 11 nitrogen and oxygen atoms in total. The monoisotopic (exact) mass is 480 g/mol. The second-order valence-corrected chi connectivity index (χ2v) is 9.95. The van der Waals surface area contributed by atoms with Crippen molar-refractivity contribution in [2.45, 2.75) is 37.8 Å². The first kappa shape index (κ1) is 25.2. The molecule has 1 aliphatic carbocycles. The second kappa shape index (κ2) is 10.2. The lowest BCUT2D eigenvalue weighted by molar-refractivity contribution is -0.130. The summed E-state index contributed by atoms with van der Waals surface area (Å²) in [6.07, 6.45) is 5.04. The van der Waals surface area contributed by atoms with E-state index in [2.05, 4.69) is 20.7 Å². The van der Waals surface area contributed by atoms with Crippen LogP contribution in [0, 0.1) is 17.2 Å². The quantitative estimate of drug-likeness (QED) is 0.516. The number of nitrogens with zero attached hydrogens (tertiary/aromatic N) is 4. The molecule has 3 aliphatic rings. The third-order valence-corrected chi connectivity index (χ3v) is 7.08. The Labute approximate surface area is 195 Å². The molecule has 1 saturated heterocycles. The number of nitrogens with one attached hydrogen (secondary N) is 1. The molecule has 0 aromatic heterocycles. The lowest BCUT2D eigenvalue weighted by atomic mass is 9.77. The van der Waals surface area contributed by atoms with Gasteiger partial charge < -0.3 is 19.3 Å². The minimum atomic E-state index is -3.82. The molecule has 3 N–H and O–H groups in total. The van der Waals surface area contributed by atoms with Crippen LogP contribution in [0.2, 0.25) is 0 Å². The highest BCUT2D eigenvalue weighted by atomic mass is 32.2. The highest BCUT2D eigenvalue weighted by molar-refractivity contribution is 7.87. The molecule has 0 bridgehead atoms. The van der Waals surface area contributed by atoms with Gasteiger partial charge in [-0.05, 0) is 19.4 Å². The highest BCUT2D eigenvalue weighted by Crippen LogP contribution is 2.42. The van der Waals surface area contributed by atoms with Crippen LogP contribution in [-0.2, 0) is 24.5 Å². The number of allylic oxidation sites excluding steroid dienone is 1. The Kier molecular flexibility index (Phi) is 7.79. The number of dihydropyridines is 1. The van der Waals surface area contributed by atoms with E-state index in [1.807, 2.05) is 13.0 Å². The fourth-order valence-electron chi connectivity index (χ4n) is 4.70. The lowest BCUT2D eigenvalue weighted by Gasteiger charge is -2.43. The number of fused-ring (bicyclic) bond motifs is 1. The van der Waals surface area contributed by atoms with Gasteiger partial charge in [0.15, 0.2) is 0 Å². The topological polar surface area (TPSA) is 150 Å². The molecular weight excluding hydrogens is 448 g/mol. The first-order valence-corrected chi connectivity index (χ1v) is 12.5. The maximum atomic E-state index is 12.6. The average Bonchev–Trinajstić information content (AvgIpc) is 3.03. The largest absolute Gasteiger partial charge is 0.498 e. The number of rotatable bonds is 7. The van der Waals surface area contributed by atoms with Crippen LogP contribution in [0.5, 0.6) is 0 Å². The van der Waals surface area contributed by atoms with Crippen molar-refractivity contribution in [1.82, 2.24) is 14.5 Å². The minimum Gasteiger partial charge on any atom is -0.498 e. The Bertz CT molecular complexity index is 1000. The van der Waals surface area contributed by atoms with Gasteiger partial charge in [-0.15, -0.1) is 0 Å². The molecular formula is C21H32N6O5S. The number of hydrogen-bond acceptors (Lipinski definition) is 8. The molecule has 2 aliphatic heterocycles. The molecule has 3 rings (SSSR count). The molecule has 0 aromatic carbocycles. The van der Waals surface area contributed by atoms with E-state index < -0.39 is 15.8 Å². The third-order valence-electron chi connectivity index (χ3n) is 6.47. The summed E-state index contributed by atoms with van der Waals surface area (Å²) in [7, 11) is -0.557. The van der Waals surface area contributed by atoms with Gasteiger partial charge in [-0.2, -0.15) is 13.7 Å². The summed E-state index contributed by atoms with van der Waals surface area (Å²) >= 11 is 0. The minimum absolute atomic E-state index is 0.0370. The Hall–Kier alpha value is -2.46. The number of aliphatic imine (C=N–C) groups is 1. The van der Waals surface area contributed by atoms with Crippen LogP contribution in [-0.4, -0.2) is 88.9 Å². The second-order valence-electron chi connectivity index (χ2n) is 8.57. The van der Waals surface area contributed by atoms with Gasteiger partial charge in [0.25, 0.3) is 10.2 Å². The van der Waals surface area contributed by atoms with E-state index >= 15 is 0 Å². The van der Waals surface area contributed by atoms with Crippen LogP contribution >= 0.6 is 0 Å². The molecule has 33 heavy (non-hydrogen) atoms. The van der Waals surface area contributed by atoms with Crippen LogP contribution in [0.3, 0.4) is 0 Å². The van der Waals surface area contributed by atoms with Gasteiger partial charge in [0.05, 0.1) is 18.7 Å². The zero-order valence-electron chi connectivity index (χ0n) is 19.3. The fraction of sp³-hybridized carbons (Fsp3) is 0.667.